The Morgan fingerprint density at radius 1 is 1.02 bits per heavy atom. The zero-order chi connectivity index (χ0) is 29.3. The zero-order valence-corrected chi connectivity index (χ0v) is 23.7. The summed E-state index contributed by atoms with van der Waals surface area (Å²) in [7, 11) is 0. The van der Waals surface area contributed by atoms with Crippen LogP contribution >= 0.6 is 35.3 Å². The van der Waals surface area contributed by atoms with Gasteiger partial charge in [0.15, 0.2) is 0 Å². The minimum absolute atomic E-state index is 0. The summed E-state index contributed by atoms with van der Waals surface area (Å²) in [5.41, 5.74) is 8.08. The first kappa shape index (κ1) is 31.2. The number of hydrogen-bond acceptors (Lipinski definition) is 6. The Morgan fingerprint density at radius 3 is 2.43 bits per heavy atom. The molecule has 0 saturated heterocycles. The molecule has 42 heavy (non-hydrogen) atoms. The summed E-state index contributed by atoms with van der Waals surface area (Å²) in [6, 6.07) is 15.0. The summed E-state index contributed by atoms with van der Waals surface area (Å²) in [6.07, 6.45) is -6.04. The van der Waals surface area contributed by atoms with Gasteiger partial charge in [-0.05, 0) is 52.9 Å². The number of aliphatic carboxylic acids is 1. The molecular formula is C29H21Cl2F4N3O3S. The quantitative estimate of drug-likeness (QED) is 0.168. The maximum Gasteiger partial charge on any atom is 0.429 e. The molecule has 2 aromatic heterocycles. The molecule has 0 saturated carbocycles. The van der Waals surface area contributed by atoms with E-state index < -0.39 is 30.1 Å². The lowest BCUT2D eigenvalue weighted by Crippen LogP contribution is -2.32. The standard InChI is InChI=1S/C29H20ClF4N3O3S.ClH/c30-18-8-9-20(21(12-18)17-2-1-3-19(31)11-17)26(29(32,33)34)40-27-25-24(36-14-37-27)22(13-41-25)16-6-4-15(5-7-16)10-23(35)28(38)39;/h1-9,11-14,23,26H,10,35H2,(H,38,39);1H. The number of ether oxygens (including phenoxy) is 1. The smallest absolute Gasteiger partial charge is 0.429 e. The predicted molar refractivity (Wildman–Crippen MR) is 156 cm³/mol. The zero-order valence-electron chi connectivity index (χ0n) is 21.3. The Balaban J connectivity index is 0.00000405. The lowest BCUT2D eigenvalue weighted by atomic mass is 9.95. The largest absolute Gasteiger partial charge is 0.480 e. The summed E-state index contributed by atoms with van der Waals surface area (Å²) >= 11 is 7.23. The molecule has 5 rings (SSSR count). The highest BCUT2D eigenvalue weighted by molar-refractivity contribution is 7.18. The van der Waals surface area contributed by atoms with E-state index in [4.69, 9.17) is 27.2 Å². The number of carboxylic acids is 1. The van der Waals surface area contributed by atoms with Crippen molar-refractivity contribution in [3.05, 3.63) is 100 Å². The second kappa shape index (κ2) is 12.6. The molecule has 0 aliphatic carbocycles. The molecule has 6 nitrogen and oxygen atoms in total. The van der Waals surface area contributed by atoms with Crippen molar-refractivity contribution in [2.24, 2.45) is 5.73 Å². The van der Waals surface area contributed by atoms with E-state index in [9.17, 15) is 22.4 Å². The van der Waals surface area contributed by atoms with Crippen LogP contribution < -0.4 is 10.5 Å². The molecule has 3 aromatic carbocycles. The molecule has 2 heterocycles. The number of thiophene rings is 1. The van der Waals surface area contributed by atoms with Crippen molar-refractivity contribution >= 4 is 51.5 Å². The van der Waals surface area contributed by atoms with Crippen molar-refractivity contribution in [3.63, 3.8) is 0 Å². The van der Waals surface area contributed by atoms with Crippen molar-refractivity contribution in [1.29, 1.82) is 0 Å². The number of benzene rings is 3. The van der Waals surface area contributed by atoms with E-state index in [2.05, 4.69) is 9.97 Å². The van der Waals surface area contributed by atoms with Gasteiger partial charge >= 0.3 is 12.1 Å². The van der Waals surface area contributed by atoms with Crippen LogP contribution in [0.15, 0.2) is 78.4 Å². The van der Waals surface area contributed by atoms with Crippen molar-refractivity contribution in [3.8, 4) is 28.1 Å². The first-order chi connectivity index (χ1) is 19.5. The van der Waals surface area contributed by atoms with Crippen LogP contribution in [0.4, 0.5) is 17.6 Å². The van der Waals surface area contributed by atoms with Crippen molar-refractivity contribution in [1.82, 2.24) is 9.97 Å². The van der Waals surface area contributed by atoms with E-state index in [1.54, 1.807) is 29.6 Å². The Kier molecular flexibility index (Phi) is 9.37. The van der Waals surface area contributed by atoms with E-state index in [0.717, 1.165) is 23.7 Å². The van der Waals surface area contributed by atoms with Crippen LogP contribution in [0.3, 0.4) is 0 Å². The maximum atomic E-state index is 14.5. The highest BCUT2D eigenvalue weighted by Crippen LogP contribution is 2.44. The molecule has 0 fully saturated rings. The Morgan fingerprint density at radius 2 is 1.76 bits per heavy atom. The Labute approximate surface area is 252 Å². The summed E-state index contributed by atoms with van der Waals surface area (Å²) in [5, 5.41) is 10.9. The third-order valence-electron chi connectivity index (χ3n) is 6.32. The first-order valence-electron chi connectivity index (χ1n) is 12.1. The van der Waals surface area contributed by atoms with Crippen LogP contribution in [0, 0.1) is 5.82 Å². The van der Waals surface area contributed by atoms with Crippen molar-refractivity contribution in [2.45, 2.75) is 24.7 Å². The highest BCUT2D eigenvalue weighted by atomic mass is 35.5. The van der Waals surface area contributed by atoms with Gasteiger partial charge in [-0.3, -0.25) is 4.79 Å². The molecule has 0 bridgehead atoms. The van der Waals surface area contributed by atoms with Gasteiger partial charge in [0.25, 0.3) is 0 Å². The van der Waals surface area contributed by atoms with Gasteiger partial charge in [0.1, 0.15) is 22.9 Å². The van der Waals surface area contributed by atoms with E-state index in [-0.39, 0.29) is 46.4 Å². The number of rotatable bonds is 8. The molecule has 0 amide bonds. The fourth-order valence-electron chi connectivity index (χ4n) is 4.36. The Hall–Kier alpha value is -3.77. The lowest BCUT2D eigenvalue weighted by molar-refractivity contribution is -0.198. The SMILES string of the molecule is Cl.NC(Cc1ccc(-c2csc3c(OC(c4ccc(Cl)cc4-c4cccc(F)c4)C(F)(F)F)ncnc23)cc1)C(=O)O. The fourth-order valence-corrected chi connectivity index (χ4v) is 5.49. The second-order valence-corrected chi connectivity index (χ2v) is 10.4. The van der Waals surface area contributed by atoms with Crippen LogP contribution in [-0.2, 0) is 11.2 Å². The number of nitrogens with zero attached hydrogens (tertiary/aromatic N) is 2. The molecule has 5 aromatic rings. The van der Waals surface area contributed by atoms with Gasteiger partial charge in [-0.25, -0.2) is 14.4 Å². The van der Waals surface area contributed by atoms with Crippen LogP contribution in [0.2, 0.25) is 5.02 Å². The third-order valence-corrected chi connectivity index (χ3v) is 7.51. The number of nitrogens with two attached hydrogens (primary N) is 1. The lowest BCUT2D eigenvalue weighted by Gasteiger charge is -2.24. The third kappa shape index (κ3) is 6.65. The number of carbonyl (C=O) groups is 1. The molecule has 0 spiro atoms. The second-order valence-electron chi connectivity index (χ2n) is 9.13. The number of carboxylic acid groups (broad SMARTS) is 1. The molecule has 13 heteroatoms. The van der Waals surface area contributed by atoms with Gasteiger partial charge in [0.2, 0.25) is 12.0 Å². The van der Waals surface area contributed by atoms with Crippen LogP contribution in [0.5, 0.6) is 5.88 Å². The van der Waals surface area contributed by atoms with E-state index in [0.29, 0.717) is 26.9 Å². The number of alkyl halides is 3. The average Bonchev–Trinajstić information content (AvgIpc) is 3.37. The minimum Gasteiger partial charge on any atom is -0.480 e. The molecule has 3 N–H and O–H groups in total. The summed E-state index contributed by atoms with van der Waals surface area (Å²) in [6.45, 7) is 0. The number of hydrogen-bond donors (Lipinski definition) is 2. The van der Waals surface area contributed by atoms with E-state index in [1.807, 2.05) is 0 Å². The van der Waals surface area contributed by atoms with Gasteiger partial charge in [-0.15, -0.1) is 23.7 Å². The summed E-state index contributed by atoms with van der Waals surface area (Å²) in [4.78, 5) is 19.3. The van der Waals surface area contributed by atoms with Gasteiger partial charge in [-0.2, -0.15) is 13.2 Å². The summed E-state index contributed by atoms with van der Waals surface area (Å²) < 4.78 is 63.3. The summed E-state index contributed by atoms with van der Waals surface area (Å²) in [5.74, 6) is -1.99. The molecule has 0 radical (unpaired) electrons. The van der Waals surface area contributed by atoms with Crippen molar-refractivity contribution < 1.29 is 32.2 Å². The number of aromatic nitrogens is 2. The first-order valence-corrected chi connectivity index (χ1v) is 13.4. The fraction of sp³-hybridized carbons (Fsp3) is 0.138. The Bertz CT molecular complexity index is 1730. The monoisotopic (exact) mass is 637 g/mol. The minimum atomic E-state index is -4.86. The molecule has 218 valence electrons. The molecule has 0 aliphatic heterocycles. The molecule has 0 aliphatic rings. The van der Waals surface area contributed by atoms with Gasteiger partial charge in [0, 0.05) is 21.5 Å². The number of fused-ring (bicyclic) bond motifs is 1. The normalized spacial score (nSPS) is 12.9. The van der Waals surface area contributed by atoms with Gasteiger partial charge < -0.3 is 15.6 Å². The van der Waals surface area contributed by atoms with E-state index >= 15 is 0 Å². The molecule has 2 atom stereocenters. The average molecular weight is 638 g/mol. The molecule has 2 unspecified atom stereocenters. The molecular weight excluding hydrogens is 617 g/mol. The van der Waals surface area contributed by atoms with Crippen LogP contribution in [0.1, 0.15) is 17.2 Å². The van der Waals surface area contributed by atoms with Crippen LogP contribution in [0.25, 0.3) is 32.5 Å². The predicted octanol–water partition coefficient (Wildman–Crippen LogP) is 7.88. The van der Waals surface area contributed by atoms with Crippen molar-refractivity contribution in [2.75, 3.05) is 0 Å². The van der Waals surface area contributed by atoms with Crippen LogP contribution in [-0.4, -0.2) is 33.3 Å². The van der Waals surface area contributed by atoms with Gasteiger partial charge in [-0.1, -0.05) is 54.1 Å². The highest BCUT2D eigenvalue weighted by Gasteiger charge is 2.45. The maximum absolute atomic E-state index is 14.5. The van der Waals surface area contributed by atoms with E-state index in [1.165, 1.54) is 36.4 Å². The number of halogens is 6. The topological polar surface area (TPSA) is 98.3 Å². The van der Waals surface area contributed by atoms with Gasteiger partial charge in [0.05, 0.1) is 5.52 Å².